The van der Waals surface area contributed by atoms with Gasteiger partial charge >= 0.3 is 5.97 Å². The SMILES string of the molecule is CC(Oc1ccc(N=C=O)cc1)(Oc1ccc(N=C=O)cc1)Oc1ccc(N=C=O)cc1. The molecule has 0 aliphatic heterocycles. The van der Waals surface area contributed by atoms with E-state index in [4.69, 9.17) is 14.2 Å². The van der Waals surface area contributed by atoms with Gasteiger partial charge in [-0.3, -0.25) is 0 Å². The minimum absolute atomic E-state index is 0.377. The molecule has 9 nitrogen and oxygen atoms in total. The Morgan fingerprint density at radius 2 is 0.781 bits per heavy atom. The van der Waals surface area contributed by atoms with E-state index < -0.39 is 5.97 Å². The molecule has 0 atom stereocenters. The Hall–Kier alpha value is -4.80. The summed E-state index contributed by atoms with van der Waals surface area (Å²) >= 11 is 0. The second-order valence-corrected chi connectivity index (χ2v) is 6.26. The van der Waals surface area contributed by atoms with Gasteiger partial charge in [0.15, 0.2) is 0 Å². The molecule has 0 bridgehead atoms. The Kier molecular flexibility index (Phi) is 7.05. The highest BCUT2D eigenvalue weighted by molar-refractivity contribution is 5.51. The first kappa shape index (κ1) is 21.9. The molecule has 32 heavy (non-hydrogen) atoms. The molecule has 158 valence electrons. The molecule has 0 fully saturated rings. The molecule has 0 aromatic heterocycles. The van der Waals surface area contributed by atoms with Crippen LogP contribution in [0.1, 0.15) is 6.92 Å². The third-order valence-electron chi connectivity index (χ3n) is 3.94. The smallest absolute Gasteiger partial charge is 0.414 e. The maximum atomic E-state index is 10.4. The van der Waals surface area contributed by atoms with Crippen LogP contribution in [0.3, 0.4) is 0 Å². The minimum atomic E-state index is -1.64. The van der Waals surface area contributed by atoms with E-state index in [0.717, 1.165) is 0 Å². The first-order valence-corrected chi connectivity index (χ1v) is 9.14. The van der Waals surface area contributed by atoms with Crippen LogP contribution in [0.5, 0.6) is 17.2 Å². The van der Waals surface area contributed by atoms with E-state index in [1.54, 1.807) is 79.7 Å². The Labute approximate surface area is 182 Å². The average Bonchev–Trinajstić information content (AvgIpc) is 2.78. The summed E-state index contributed by atoms with van der Waals surface area (Å²) in [5, 5.41) is 0. The summed E-state index contributed by atoms with van der Waals surface area (Å²) in [4.78, 5) is 41.8. The molecule has 0 unspecified atom stereocenters. The first-order valence-electron chi connectivity index (χ1n) is 9.14. The van der Waals surface area contributed by atoms with Crippen LogP contribution in [-0.4, -0.2) is 24.2 Å². The van der Waals surface area contributed by atoms with Crippen molar-refractivity contribution in [3.05, 3.63) is 72.8 Å². The lowest BCUT2D eigenvalue weighted by molar-refractivity contribution is -0.238. The molecule has 0 aliphatic rings. The molecule has 3 aromatic carbocycles. The van der Waals surface area contributed by atoms with Crippen LogP contribution in [0.2, 0.25) is 0 Å². The van der Waals surface area contributed by atoms with Crippen molar-refractivity contribution in [1.82, 2.24) is 0 Å². The predicted molar refractivity (Wildman–Crippen MR) is 113 cm³/mol. The molecule has 0 N–H and O–H groups in total. The van der Waals surface area contributed by atoms with Crippen LogP contribution in [0, 0.1) is 0 Å². The van der Waals surface area contributed by atoms with E-state index >= 15 is 0 Å². The maximum absolute atomic E-state index is 10.4. The zero-order chi connectivity index (χ0) is 22.8. The highest BCUT2D eigenvalue weighted by atomic mass is 16.9. The van der Waals surface area contributed by atoms with E-state index in [9.17, 15) is 14.4 Å². The number of rotatable bonds is 9. The van der Waals surface area contributed by atoms with Crippen LogP contribution in [0.25, 0.3) is 0 Å². The second-order valence-electron chi connectivity index (χ2n) is 6.26. The van der Waals surface area contributed by atoms with Gasteiger partial charge in [-0.15, -0.1) is 0 Å². The zero-order valence-electron chi connectivity index (χ0n) is 16.7. The van der Waals surface area contributed by atoms with Crippen molar-refractivity contribution in [2.75, 3.05) is 0 Å². The molecule has 3 rings (SSSR count). The molecule has 0 saturated carbocycles. The van der Waals surface area contributed by atoms with Gasteiger partial charge in [-0.05, 0) is 72.8 Å². The Morgan fingerprint density at radius 3 is 1.00 bits per heavy atom. The molecule has 0 amide bonds. The Balaban J connectivity index is 1.88. The summed E-state index contributed by atoms with van der Waals surface area (Å²) in [5.41, 5.74) is 1.23. The number of isocyanates is 3. The molecule has 0 spiro atoms. The summed E-state index contributed by atoms with van der Waals surface area (Å²) < 4.78 is 17.8. The standard InChI is InChI=1S/C23H15N3O6/c1-23(30-20-8-2-17(3-9-20)24-14-27,31-21-10-4-18(5-11-21)25-15-28)32-22-12-6-19(7-13-22)26-16-29/h2-13H,1H3. The average molecular weight is 429 g/mol. The summed E-state index contributed by atoms with van der Waals surface area (Å²) in [7, 11) is 0. The van der Waals surface area contributed by atoms with Gasteiger partial charge in [-0.1, -0.05) is 0 Å². The van der Waals surface area contributed by atoms with Gasteiger partial charge in [0.05, 0.1) is 24.0 Å². The Morgan fingerprint density at radius 1 is 0.531 bits per heavy atom. The summed E-state index contributed by atoms with van der Waals surface area (Å²) in [6.45, 7) is 1.56. The number of nitrogens with zero attached hydrogens (tertiary/aromatic N) is 3. The van der Waals surface area contributed by atoms with Crippen LogP contribution in [-0.2, 0) is 14.4 Å². The molecular formula is C23H15N3O6. The van der Waals surface area contributed by atoms with Gasteiger partial charge in [0, 0.05) is 0 Å². The lowest BCUT2D eigenvalue weighted by atomic mass is 10.3. The van der Waals surface area contributed by atoms with Crippen molar-refractivity contribution in [1.29, 1.82) is 0 Å². The molecule has 9 heteroatoms. The van der Waals surface area contributed by atoms with E-state index in [-0.39, 0.29) is 0 Å². The molecule has 0 saturated heterocycles. The van der Waals surface area contributed by atoms with E-state index in [2.05, 4.69) is 15.0 Å². The van der Waals surface area contributed by atoms with Crippen molar-refractivity contribution in [3.63, 3.8) is 0 Å². The van der Waals surface area contributed by atoms with Crippen molar-refractivity contribution in [3.8, 4) is 17.2 Å². The van der Waals surface area contributed by atoms with Gasteiger partial charge in [-0.2, -0.15) is 15.0 Å². The lowest BCUT2D eigenvalue weighted by Crippen LogP contribution is -2.45. The number of benzene rings is 3. The fourth-order valence-corrected chi connectivity index (χ4v) is 2.63. The lowest BCUT2D eigenvalue weighted by Gasteiger charge is -2.31. The number of carbonyl (C=O) groups excluding carboxylic acids is 3. The largest absolute Gasteiger partial charge is 0.421 e. The molecule has 0 aliphatic carbocycles. The van der Waals surface area contributed by atoms with E-state index in [1.165, 1.54) is 18.2 Å². The van der Waals surface area contributed by atoms with Gasteiger partial charge in [0.25, 0.3) is 0 Å². The fraction of sp³-hybridized carbons (Fsp3) is 0.0870. The fourth-order valence-electron chi connectivity index (χ4n) is 2.63. The highest BCUT2D eigenvalue weighted by Gasteiger charge is 2.32. The third kappa shape index (κ3) is 6.10. The van der Waals surface area contributed by atoms with Crippen molar-refractivity contribution >= 4 is 35.3 Å². The topological polar surface area (TPSA) is 116 Å². The molecule has 0 heterocycles. The van der Waals surface area contributed by atoms with E-state index in [1.807, 2.05) is 0 Å². The van der Waals surface area contributed by atoms with Gasteiger partial charge in [-0.25, -0.2) is 14.4 Å². The predicted octanol–water partition coefficient (Wildman–Crippen LogP) is 4.80. The van der Waals surface area contributed by atoms with Crippen LogP contribution in [0.15, 0.2) is 87.8 Å². The van der Waals surface area contributed by atoms with Gasteiger partial charge in [0.2, 0.25) is 18.2 Å². The molecule has 3 aromatic rings. The number of hydrogen-bond donors (Lipinski definition) is 0. The summed E-state index contributed by atoms with van der Waals surface area (Å²) in [6, 6.07) is 18.9. The summed E-state index contributed by atoms with van der Waals surface area (Å²) in [5.74, 6) is -0.509. The quantitative estimate of drug-likeness (QED) is 0.274. The monoisotopic (exact) mass is 429 g/mol. The van der Waals surface area contributed by atoms with Crippen LogP contribution >= 0.6 is 0 Å². The van der Waals surface area contributed by atoms with Crippen molar-refractivity contribution in [2.45, 2.75) is 12.9 Å². The summed E-state index contributed by atoms with van der Waals surface area (Å²) in [6.07, 6.45) is 4.40. The van der Waals surface area contributed by atoms with Crippen molar-refractivity contribution < 1.29 is 28.6 Å². The van der Waals surface area contributed by atoms with E-state index in [0.29, 0.717) is 34.3 Å². The number of aliphatic imine (C=N–C) groups is 3. The third-order valence-corrected chi connectivity index (χ3v) is 3.94. The van der Waals surface area contributed by atoms with Gasteiger partial charge < -0.3 is 14.2 Å². The van der Waals surface area contributed by atoms with Crippen molar-refractivity contribution in [2.24, 2.45) is 15.0 Å². The first-order chi connectivity index (χ1) is 15.5. The zero-order valence-corrected chi connectivity index (χ0v) is 16.7. The Bertz CT molecular complexity index is 1050. The maximum Gasteiger partial charge on any atom is 0.414 e. The van der Waals surface area contributed by atoms with Crippen LogP contribution < -0.4 is 14.2 Å². The normalized spacial score (nSPS) is 11.5. The highest BCUT2D eigenvalue weighted by Crippen LogP contribution is 2.29. The number of ether oxygens (including phenoxy) is 3. The number of hydrogen-bond acceptors (Lipinski definition) is 9. The second kappa shape index (κ2) is 10.3. The minimum Gasteiger partial charge on any atom is -0.421 e. The molecule has 0 radical (unpaired) electrons. The van der Waals surface area contributed by atoms with Crippen LogP contribution in [0.4, 0.5) is 17.1 Å². The molecular weight excluding hydrogens is 414 g/mol. The van der Waals surface area contributed by atoms with Gasteiger partial charge in [0.1, 0.15) is 17.2 Å².